The summed E-state index contributed by atoms with van der Waals surface area (Å²) >= 11 is 0. The van der Waals surface area contributed by atoms with Gasteiger partial charge in [0.25, 0.3) is 5.56 Å². The normalized spacial score (nSPS) is 20.6. The van der Waals surface area contributed by atoms with Crippen LogP contribution in [0.4, 0.5) is 11.6 Å². The molecule has 0 saturated carbocycles. The molecular formula is C18H24N6O. The number of H-pyrrole nitrogens is 1. The van der Waals surface area contributed by atoms with Crippen molar-refractivity contribution in [3.8, 4) is 0 Å². The Morgan fingerprint density at radius 1 is 1.12 bits per heavy atom. The van der Waals surface area contributed by atoms with Crippen molar-refractivity contribution in [1.29, 1.82) is 0 Å². The van der Waals surface area contributed by atoms with Gasteiger partial charge in [-0.1, -0.05) is 6.42 Å². The molecule has 7 heteroatoms. The van der Waals surface area contributed by atoms with Crippen LogP contribution in [0.3, 0.4) is 0 Å². The van der Waals surface area contributed by atoms with Crippen LogP contribution in [0.15, 0.2) is 23.5 Å². The number of aromatic amines is 1. The highest BCUT2D eigenvalue weighted by atomic mass is 16.1. The molecule has 4 rings (SSSR count). The van der Waals surface area contributed by atoms with E-state index in [0.29, 0.717) is 5.82 Å². The van der Waals surface area contributed by atoms with Crippen molar-refractivity contribution in [2.75, 3.05) is 23.3 Å². The maximum atomic E-state index is 12.0. The Morgan fingerprint density at radius 2 is 2.04 bits per heavy atom. The highest BCUT2D eigenvalue weighted by molar-refractivity contribution is 5.48. The summed E-state index contributed by atoms with van der Waals surface area (Å²) in [4.78, 5) is 30.1. The van der Waals surface area contributed by atoms with E-state index in [-0.39, 0.29) is 11.6 Å². The highest BCUT2D eigenvalue weighted by Gasteiger charge is 2.24. The minimum Gasteiger partial charge on any atom is -0.365 e. The summed E-state index contributed by atoms with van der Waals surface area (Å²) in [6.07, 6.45) is 12.8. The molecule has 0 spiro atoms. The molecule has 0 unspecified atom stereocenters. The predicted molar refractivity (Wildman–Crippen MR) is 97.0 cm³/mol. The lowest BCUT2D eigenvalue weighted by atomic mass is 10.0. The van der Waals surface area contributed by atoms with Crippen molar-refractivity contribution in [1.82, 2.24) is 19.9 Å². The number of hydrogen-bond acceptors (Lipinski definition) is 6. The van der Waals surface area contributed by atoms with Crippen molar-refractivity contribution in [2.45, 2.75) is 51.0 Å². The van der Waals surface area contributed by atoms with E-state index >= 15 is 0 Å². The van der Waals surface area contributed by atoms with Gasteiger partial charge in [-0.2, -0.15) is 0 Å². The molecule has 0 amide bonds. The van der Waals surface area contributed by atoms with Crippen molar-refractivity contribution < 1.29 is 0 Å². The Bertz CT molecular complexity index is 789. The topological polar surface area (TPSA) is 86.8 Å². The molecule has 2 aromatic rings. The summed E-state index contributed by atoms with van der Waals surface area (Å²) in [6.45, 7) is 1.62. The Labute approximate surface area is 146 Å². The van der Waals surface area contributed by atoms with Crippen LogP contribution in [-0.4, -0.2) is 39.1 Å². The number of aryl methyl sites for hydroxylation is 1. The molecule has 0 radical (unpaired) electrons. The summed E-state index contributed by atoms with van der Waals surface area (Å²) in [5, 5.41) is 3.62. The SMILES string of the molecule is O=c1[nH]ccnc1N1CCC[C@@H](Nc2ncnc3c2CCCCC3)C1. The Kier molecular flexibility index (Phi) is 4.63. The lowest BCUT2D eigenvalue weighted by Crippen LogP contribution is -2.44. The van der Waals surface area contributed by atoms with Gasteiger partial charge >= 0.3 is 0 Å². The number of fused-ring (bicyclic) bond motifs is 1. The lowest BCUT2D eigenvalue weighted by molar-refractivity contribution is 0.523. The number of hydrogen-bond donors (Lipinski definition) is 2. The van der Waals surface area contributed by atoms with Crippen molar-refractivity contribution in [3.05, 3.63) is 40.3 Å². The molecule has 0 bridgehead atoms. The summed E-state index contributed by atoms with van der Waals surface area (Å²) in [5.74, 6) is 1.49. The lowest BCUT2D eigenvalue weighted by Gasteiger charge is -2.34. The van der Waals surface area contributed by atoms with Gasteiger partial charge in [0.1, 0.15) is 12.1 Å². The third kappa shape index (κ3) is 3.50. The van der Waals surface area contributed by atoms with Gasteiger partial charge in [-0.25, -0.2) is 15.0 Å². The molecule has 3 heterocycles. The van der Waals surface area contributed by atoms with Crippen LogP contribution in [0, 0.1) is 0 Å². The second-order valence-electron chi connectivity index (χ2n) is 6.88. The average Bonchev–Trinajstić information content (AvgIpc) is 2.89. The van der Waals surface area contributed by atoms with E-state index < -0.39 is 0 Å². The second-order valence-corrected chi connectivity index (χ2v) is 6.88. The van der Waals surface area contributed by atoms with Gasteiger partial charge in [0.15, 0.2) is 5.82 Å². The van der Waals surface area contributed by atoms with E-state index in [2.05, 4.69) is 30.2 Å². The first kappa shape index (κ1) is 16.1. The molecule has 1 aliphatic carbocycles. The van der Waals surface area contributed by atoms with Gasteiger partial charge in [0, 0.05) is 42.8 Å². The van der Waals surface area contributed by atoms with E-state index in [1.54, 1.807) is 18.7 Å². The van der Waals surface area contributed by atoms with Crippen molar-refractivity contribution in [3.63, 3.8) is 0 Å². The zero-order valence-corrected chi connectivity index (χ0v) is 14.4. The minimum atomic E-state index is -0.126. The molecule has 1 atom stereocenters. The standard InChI is InChI=1S/C18H24N6O/c25-18-17(19-8-9-20-18)24-10-4-5-13(11-24)23-16-14-6-2-1-3-7-15(14)21-12-22-16/h8-9,12-13H,1-7,10-11H2,(H,20,25)(H,21,22,23)/t13-/m1/s1. The van der Waals surface area contributed by atoms with E-state index in [9.17, 15) is 4.79 Å². The maximum Gasteiger partial charge on any atom is 0.290 e. The summed E-state index contributed by atoms with van der Waals surface area (Å²) in [5.41, 5.74) is 2.36. The van der Waals surface area contributed by atoms with E-state index in [0.717, 1.165) is 44.6 Å². The van der Waals surface area contributed by atoms with Gasteiger partial charge in [-0.15, -0.1) is 0 Å². The molecule has 7 nitrogen and oxygen atoms in total. The largest absolute Gasteiger partial charge is 0.365 e. The Morgan fingerprint density at radius 3 is 2.96 bits per heavy atom. The van der Waals surface area contributed by atoms with Crippen LogP contribution in [-0.2, 0) is 12.8 Å². The number of rotatable bonds is 3. The molecule has 2 aromatic heterocycles. The number of piperidine rings is 1. The Balaban J connectivity index is 1.52. The van der Waals surface area contributed by atoms with Crippen LogP contribution in [0.1, 0.15) is 43.4 Å². The van der Waals surface area contributed by atoms with Gasteiger partial charge in [-0.3, -0.25) is 4.79 Å². The number of nitrogens with zero attached hydrogens (tertiary/aromatic N) is 4. The molecule has 1 aliphatic heterocycles. The molecule has 132 valence electrons. The maximum absolute atomic E-state index is 12.0. The molecule has 25 heavy (non-hydrogen) atoms. The Hall–Kier alpha value is -2.44. The molecule has 0 aromatic carbocycles. The van der Waals surface area contributed by atoms with Crippen LogP contribution in [0.2, 0.25) is 0 Å². The molecule has 1 fully saturated rings. The average molecular weight is 340 g/mol. The van der Waals surface area contributed by atoms with Crippen molar-refractivity contribution >= 4 is 11.6 Å². The first-order valence-corrected chi connectivity index (χ1v) is 9.19. The van der Waals surface area contributed by atoms with Crippen LogP contribution < -0.4 is 15.8 Å². The number of anilines is 2. The van der Waals surface area contributed by atoms with Crippen molar-refractivity contribution in [2.24, 2.45) is 0 Å². The van der Waals surface area contributed by atoms with Crippen LogP contribution >= 0.6 is 0 Å². The number of nitrogens with one attached hydrogen (secondary N) is 2. The van der Waals surface area contributed by atoms with Gasteiger partial charge < -0.3 is 15.2 Å². The van der Waals surface area contributed by atoms with Crippen LogP contribution in [0.5, 0.6) is 0 Å². The highest BCUT2D eigenvalue weighted by Crippen LogP contribution is 2.26. The van der Waals surface area contributed by atoms with Gasteiger partial charge in [0.05, 0.1) is 0 Å². The summed E-state index contributed by atoms with van der Waals surface area (Å²) in [7, 11) is 0. The van der Waals surface area contributed by atoms with Crippen LogP contribution in [0.25, 0.3) is 0 Å². The third-order valence-corrected chi connectivity index (χ3v) is 5.13. The number of aromatic nitrogens is 4. The van der Waals surface area contributed by atoms with E-state index in [1.165, 1.54) is 30.5 Å². The molecule has 2 aliphatic rings. The molecule has 2 N–H and O–H groups in total. The zero-order valence-electron chi connectivity index (χ0n) is 14.4. The summed E-state index contributed by atoms with van der Waals surface area (Å²) < 4.78 is 0. The van der Waals surface area contributed by atoms with Gasteiger partial charge in [-0.05, 0) is 38.5 Å². The van der Waals surface area contributed by atoms with E-state index in [1.807, 2.05) is 0 Å². The first-order valence-electron chi connectivity index (χ1n) is 9.19. The van der Waals surface area contributed by atoms with E-state index in [4.69, 9.17) is 0 Å². The molecule has 1 saturated heterocycles. The molecular weight excluding hydrogens is 316 g/mol. The fourth-order valence-electron chi connectivity index (χ4n) is 3.87. The fourth-order valence-corrected chi connectivity index (χ4v) is 3.87. The second kappa shape index (κ2) is 7.21. The fraction of sp³-hybridized carbons (Fsp3) is 0.556. The zero-order chi connectivity index (χ0) is 17.1. The summed E-state index contributed by atoms with van der Waals surface area (Å²) in [6, 6.07) is 0.261. The smallest absolute Gasteiger partial charge is 0.290 e. The monoisotopic (exact) mass is 340 g/mol. The first-order chi connectivity index (χ1) is 12.3. The predicted octanol–water partition coefficient (Wildman–Crippen LogP) is 1.91. The minimum absolute atomic E-state index is 0.126. The quantitative estimate of drug-likeness (QED) is 0.830. The third-order valence-electron chi connectivity index (χ3n) is 5.13. The van der Waals surface area contributed by atoms with Gasteiger partial charge in [0.2, 0.25) is 0 Å².